The van der Waals surface area contributed by atoms with Gasteiger partial charge in [-0.15, -0.1) is 0 Å². The molecule has 1 aromatic carbocycles. The van der Waals surface area contributed by atoms with Crippen molar-refractivity contribution in [2.75, 3.05) is 0 Å². The van der Waals surface area contributed by atoms with Gasteiger partial charge in [-0.3, -0.25) is 4.68 Å². The minimum Gasteiger partial charge on any atom is -0.451 e. The summed E-state index contributed by atoms with van der Waals surface area (Å²) in [6.07, 6.45) is 3.13. The molecule has 0 saturated carbocycles. The lowest BCUT2D eigenvalue weighted by molar-refractivity contribution is 0.440. The first-order valence-electron chi connectivity index (χ1n) is 4.93. The van der Waals surface area contributed by atoms with Gasteiger partial charge in [0.2, 0.25) is 0 Å². The van der Waals surface area contributed by atoms with Gasteiger partial charge in [-0.1, -0.05) is 12.2 Å². The Balaban J connectivity index is 2.35. The third-order valence-electron chi connectivity index (χ3n) is 2.22. The molecule has 1 aromatic heterocycles. The first-order chi connectivity index (χ1) is 8.49. The van der Waals surface area contributed by atoms with Gasteiger partial charge in [-0.2, -0.15) is 5.10 Å². The zero-order valence-corrected chi connectivity index (χ0v) is 11.8. The van der Waals surface area contributed by atoms with Crippen LogP contribution in [-0.4, -0.2) is 14.8 Å². The highest BCUT2D eigenvalue weighted by atomic mass is 79.9. The van der Waals surface area contributed by atoms with Crippen LogP contribution in [0.3, 0.4) is 0 Å². The largest absolute Gasteiger partial charge is 0.451 e. The number of thiocarbonyl (C=S) groups is 1. The van der Waals surface area contributed by atoms with Gasteiger partial charge in [0.15, 0.2) is 17.3 Å². The molecule has 7 heteroatoms. The molecule has 94 valence electrons. The molecule has 0 atom stereocenters. The fourth-order valence-corrected chi connectivity index (χ4v) is 2.22. The molecule has 0 spiro atoms. The zero-order chi connectivity index (χ0) is 13.3. The first kappa shape index (κ1) is 13.0. The molecule has 0 radical (unpaired) electrons. The van der Waals surface area contributed by atoms with Crippen molar-refractivity contribution in [1.82, 2.24) is 9.78 Å². The lowest BCUT2D eigenvalue weighted by Gasteiger charge is -2.08. The van der Waals surface area contributed by atoms with Gasteiger partial charge in [0, 0.05) is 12.6 Å². The number of halogens is 2. The molecule has 2 rings (SSSR count). The van der Waals surface area contributed by atoms with Crippen molar-refractivity contribution in [3.8, 4) is 11.5 Å². The van der Waals surface area contributed by atoms with E-state index >= 15 is 0 Å². The summed E-state index contributed by atoms with van der Waals surface area (Å²) in [5, 5.41) is 3.93. The van der Waals surface area contributed by atoms with Crippen molar-refractivity contribution in [1.29, 1.82) is 0 Å². The Kier molecular flexibility index (Phi) is 3.63. The van der Waals surface area contributed by atoms with Gasteiger partial charge in [0.25, 0.3) is 0 Å². The second kappa shape index (κ2) is 5.03. The van der Waals surface area contributed by atoms with Gasteiger partial charge < -0.3 is 10.5 Å². The Morgan fingerprint density at radius 1 is 1.56 bits per heavy atom. The van der Waals surface area contributed by atoms with Crippen LogP contribution in [0.5, 0.6) is 11.5 Å². The number of aromatic nitrogens is 2. The Labute approximate surface area is 117 Å². The summed E-state index contributed by atoms with van der Waals surface area (Å²) in [5.74, 6) is -0.0228. The van der Waals surface area contributed by atoms with Crippen molar-refractivity contribution in [2.45, 2.75) is 0 Å². The summed E-state index contributed by atoms with van der Waals surface area (Å²) in [6, 6.07) is 3.07. The van der Waals surface area contributed by atoms with Crippen LogP contribution in [0.25, 0.3) is 0 Å². The van der Waals surface area contributed by atoms with Crippen molar-refractivity contribution in [3.63, 3.8) is 0 Å². The topological polar surface area (TPSA) is 53.1 Å². The van der Waals surface area contributed by atoms with Gasteiger partial charge in [-0.25, -0.2) is 4.39 Å². The van der Waals surface area contributed by atoms with E-state index in [0.29, 0.717) is 11.3 Å². The van der Waals surface area contributed by atoms with E-state index in [0.717, 1.165) is 0 Å². The Morgan fingerprint density at radius 2 is 2.28 bits per heavy atom. The number of nitrogens with two attached hydrogens (primary N) is 1. The van der Waals surface area contributed by atoms with Gasteiger partial charge in [0.1, 0.15) is 4.99 Å². The monoisotopic (exact) mass is 329 g/mol. The fraction of sp³-hybridized carbons (Fsp3) is 0.0909. The number of hydrogen-bond acceptors (Lipinski definition) is 3. The van der Waals surface area contributed by atoms with Crippen molar-refractivity contribution >= 4 is 33.1 Å². The Morgan fingerprint density at radius 3 is 2.83 bits per heavy atom. The standard InChI is InChI=1S/C11H9BrFN3OS/c1-16-5-6(4-15-16)17-8-3-2-7(11(14)18)9(12)10(8)13/h2-5H,1H3,(H2,14,18). The average Bonchev–Trinajstić information content (AvgIpc) is 2.70. The molecule has 0 unspecified atom stereocenters. The lowest BCUT2D eigenvalue weighted by Crippen LogP contribution is -2.11. The summed E-state index contributed by atoms with van der Waals surface area (Å²) in [5.41, 5.74) is 5.90. The minimum absolute atomic E-state index is 0.0786. The molecule has 18 heavy (non-hydrogen) atoms. The molecular weight excluding hydrogens is 321 g/mol. The molecule has 4 nitrogen and oxygen atoms in total. The van der Waals surface area contributed by atoms with Crippen molar-refractivity contribution in [3.05, 3.63) is 40.4 Å². The van der Waals surface area contributed by atoms with Crippen LogP contribution >= 0.6 is 28.1 Å². The maximum Gasteiger partial charge on any atom is 0.180 e. The first-order valence-corrected chi connectivity index (χ1v) is 6.13. The molecule has 0 aliphatic rings. The van der Waals surface area contributed by atoms with Crippen LogP contribution in [0, 0.1) is 5.82 Å². The van der Waals surface area contributed by atoms with Crippen LogP contribution in [0.15, 0.2) is 29.0 Å². The van der Waals surface area contributed by atoms with E-state index in [1.165, 1.54) is 12.3 Å². The highest BCUT2D eigenvalue weighted by Crippen LogP contribution is 2.31. The van der Waals surface area contributed by atoms with Crippen molar-refractivity contribution in [2.24, 2.45) is 12.8 Å². The number of rotatable bonds is 3. The number of nitrogens with zero attached hydrogens (tertiary/aromatic N) is 2. The van der Waals surface area contributed by atoms with Crippen LogP contribution < -0.4 is 10.5 Å². The van der Waals surface area contributed by atoms with Gasteiger partial charge >= 0.3 is 0 Å². The smallest absolute Gasteiger partial charge is 0.180 e. The third-order valence-corrected chi connectivity index (χ3v) is 3.22. The molecule has 2 N–H and O–H groups in total. The van der Waals surface area contributed by atoms with Crippen LogP contribution in [0.2, 0.25) is 0 Å². The zero-order valence-electron chi connectivity index (χ0n) is 9.35. The highest BCUT2D eigenvalue weighted by Gasteiger charge is 2.14. The van der Waals surface area contributed by atoms with E-state index in [1.807, 2.05) is 0 Å². The number of hydrogen-bond donors (Lipinski definition) is 1. The summed E-state index contributed by atoms with van der Waals surface area (Å²) in [6.45, 7) is 0. The van der Waals surface area contributed by atoms with Crippen LogP contribution in [-0.2, 0) is 7.05 Å². The van der Waals surface area contributed by atoms with E-state index in [2.05, 4.69) is 21.0 Å². The minimum atomic E-state index is -0.552. The van der Waals surface area contributed by atoms with E-state index in [1.54, 1.807) is 24.0 Å². The summed E-state index contributed by atoms with van der Waals surface area (Å²) in [4.78, 5) is 0.119. The second-order valence-electron chi connectivity index (χ2n) is 3.56. The van der Waals surface area contributed by atoms with E-state index in [4.69, 9.17) is 22.7 Å². The molecule has 0 fully saturated rings. The van der Waals surface area contributed by atoms with E-state index < -0.39 is 5.82 Å². The molecule has 0 aliphatic heterocycles. The predicted octanol–water partition coefficient (Wildman–Crippen LogP) is 2.75. The number of benzene rings is 1. The number of aryl methyl sites for hydroxylation is 1. The van der Waals surface area contributed by atoms with Crippen LogP contribution in [0.4, 0.5) is 4.39 Å². The molecule has 0 saturated heterocycles. The van der Waals surface area contributed by atoms with Gasteiger partial charge in [-0.05, 0) is 28.1 Å². The number of ether oxygens (including phenoxy) is 1. The second-order valence-corrected chi connectivity index (χ2v) is 4.79. The normalized spacial score (nSPS) is 10.4. The predicted molar refractivity (Wildman–Crippen MR) is 73.3 cm³/mol. The molecule has 0 bridgehead atoms. The Bertz CT molecular complexity index is 614. The molecule has 0 aliphatic carbocycles. The van der Waals surface area contributed by atoms with Gasteiger partial charge in [0.05, 0.1) is 16.9 Å². The average molecular weight is 330 g/mol. The maximum absolute atomic E-state index is 14.0. The fourth-order valence-electron chi connectivity index (χ4n) is 1.38. The maximum atomic E-state index is 14.0. The molecular formula is C11H9BrFN3OS. The highest BCUT2D eigenvalue weighted by molar-refractivity contribution is 9.10. The van der Waals surface area contributed by atoms with E-state index in [9.17, 15) is 4.39 Å². The van der Waals surface area contributed by atoms with Crippen LogP contribution in [0.1, 0.15) is 5.56 Å². The summed E-state index contributed by atoms with van der Waals surface area (Å²) in [7, 11) is 1.75. The lowest BCUT2D eigenvalue weighted by atomic mass is 10.2. The molecule has 1 heterocycles. The Hall–Kier alpha value is -1.47. The molecule has 2 aromatic rings. The third kappa shape index (κ3) is 2.51. The summed E-state index contributed by atoms with van der Waals surface area (Å²) >= 11 is 7.92. The van der Waals surface area contributed by atoms with E-state index in [-0.39, 0.29) is 15.2 Å². The SMILES string of the molecule is Cn1cc(Oc2ccc(C(N)=S)c(Br)c2F)cn1. The molecule has 0 amide bonds. The quantitative estimate of drug-likeness (QED) is 0.880. The summed E-state index contributed by atoms with van der Waals surface area (Å²) < 4.78 is 21.1. The van der Waals surface area contributed by atoms with Crippen molar-refractivity contribution < 1.29 is 9.13 Å².